The normalized spacial score (nSPS) is 10.7. The molecule has 199 valence electrons. The largest absolute Gasteiger partial charge is 0.501 e. The molecule has 0 atom stereocenters. The quantitative estimate of drug-likeness (QED) is 0.172. The number of aromatic nitrogens is 4. The molecular weight excluding hydrogens is 689 g/mol. The Morgan fingerprint density at radius 2 is 1.54 bits per heavy atom. The van der Waals surface area contributed by atoms with E-state index >= 15 is 0 Å². The summed E-state index contributed by atoms with van der Waals surface area (Å²) in [6.07, 6.45) is 9.97. The van der Waals surface area contributed by atoms with Gasteiger partial charge in [-0.15, -0.1) is 41.1 Å². The second-order valence-electron chi connectivity index (χ2n) is 9.05. The number of para-hydroxylation sites is 1. The Hall–Kier alpha value is -4.97. The molecule has 7 heteroatoms. The first-order valence-electron chi connectivity index (χ1n) is 12.7. The van der Waals surface area contributed by atoms with E-state index in [1.165, 1.54) is 0 Å². The minimum atomic E-state index is 0. The van der Waals surface area contributed by atoms with E-state index in [0.717, 1.165) is 66.5 Å². The van der Waals surface area contributed by atoms with Gasteiger partial charge in [0.1, 0.15) is 5.58 Å². The fourth-order valence-electron chi connectivity index (χ4n) is 4.70. The van der Waals surface area contributed by atoms with Gasteiger partial charge in [0.25, 0.3) is 0 Å². The van der Waals surface area contributed by atoms with Crippen LogP contribution in [-0.2, 0) is 20.1 Å². The number of nitrogens with zero attached hydrogens (tertiary/aromatic N) is 4. The van der Waals surface area contributed by atoms with Gasteiger partial charge in [0.05, 0.1) is 5.58 Å². The van der Waals surface area contributed by atoms with Gasteiger partial charge in [0.2, 0.25) is 0 Å². The van der Waals surface area contributed by atoms with Gasteiger partial charge in [-0.1, -0.05) is 53.5 Å². The maximum Gasteiger partial charge on any atom is 0.157 e. The van der Waals surface area contributed by atoms with Gasteiger partial charge in [0, 0.05) is 55.2 Å². The van der Waals surface area contributed by atoms with Crippen LogP contribution in [0, 0.1) is 12.3 Å². The molecule has 0 aliphatic carbocycles. The fourth-order valence-corrected chi connectivity index (χ4v) is 4.70. The molecule has 41 heavy (non-hydrogen) atoms. The molecule has 0 fully saturated rings. The van der Waals surface area contributed by atoms with Crippen LogP contribution in [0.25, 0.3) is 66.5 Å². The summed E-state index contributed by atoms with van der Waals surface area (Å²) >= 11 is 0. The second-order valence-corrected chi connectivity index (χ2v) is 9.05. The van der Waals surface area contributed by atoms with Crippen LogP contribution in [0.4, 0.5) is 0 Å². The third-order valence-electron chi connectivity index (χ3n) is 6.61. The number of furan rings is 1. The molecule has 8 aromatic rings. The summed E-state index contributed by atoms with van der Waals surface area (Å²) in [5.41, 5.74) is 8.14. The molecule has 0 aliphatic rings. The Bertz CT molecular complexity index is 2060. The molecule has 6 nitrogen and oxygen atoms in total. The van der Waals surface area contributed by atoms with Crippen molar-refractivity contribution in [2.75, 3.05) is 0 Å². The smallest absolute Gasteiger partial charge is 0.157 e. The maximum absolute atomic E-state index is 6.15. The Labute approximate surface area is 249 Å². The number of fused-ring (bicyclic) bond motifs is 4. The summed E-state index contributed by atoms with van der Waals surface area (Å²) in [5, 5.41) is 7.17. The molecule has 3 aromatic carbocycles. The van der Waals surface area contributed by atoms with Crippen molar-refractivity contribution in [1.82, 2.24) is 20.1 Å². The Morgan fingerprint density at radius 1 is 0.659 bits per heavy atom. The molecule has 1 radical (unpaired) electrons. The van der Waals surface area contributed by atoms with Crippen molar-refractivity contribution < 1.29 is 29.0 Å². The summed E-state index contributed by atoms with van der Waals surface area (Å²) in [6.45, 7) is 0. The molecule has 5 heterocycles. The first-order valence-corrected chi connectivity index (χ1v) is 12.7. The third kappa shape index (κ3) is 5.16. The third-order valence-corrected chi connectivity index (χ3v) is 6.61. The Balaban J connectivity index is 0.000000162. The van der Waals surface area contributed by atoms with Crippen molar-refractivity contribution in [2.24, 2.45) is 0 Å². The summed E-state index contributed by atoms with van der Waals surface area (Å²) in [4.78, 5) is 12.5. The first kappa shape index (κ1) is 26.3. The standard InChI is InChI=1S/C22H13N2O.C12H7N2O.Ir/c1-2-11-24-20(6-1)18-5-3-4-17-19-14-16(15-9-12-23-13-10-15)7-8-21(19)25-22(17)18;1-2-6-11-10(5-1)12(14-15-11)9-4-3-7-13-8-9;/h1-4,6-14H;1-7H;/q2*-1;. The van der Waals surface area contributed by atoms with Gasteiger partial charge < -0.3 is 18.9 Å². The van der Waals surface area contributed by atoms with E-state index < -0.39 is 0 Å². The fraction of sp³-hybridized carbons (Fsp3) is 0. The summed E-state index contributed by atoms with van der Waals surface area (Å²) in [7, 11) is 0. The minimum absolute atomic E-state index is 0. The molecule has 0 spiro atoms. The molecule has 0 bridgehead atoms. The Kier molecular flexibility index (Phi) is 7.46. The van der Waals surface area contributed by atoms with Gasteiger partial charge in [-0.2, -0.15) is 0 Å². The monoisotopic (exact) mass is 709 g/mol. The molecule has 8 rings (SSSR count). The van der Waals surface area contributed by atoms with Crippen LogP contribution in [0.5, 0.6) is 0 Å². The average molecular weight is 709 g/mol. The average Bonchev–Trinajstić information content (AvgIpc) is 3.64. The second kappa shape index (κ2) is 11.6. The zero-order valence-corrected chi connectivity index (χ0v) is 23.9. The first-order chi connectivity index (χ1) is 19.8. The van der Waals surface area contributed by atoms with E-state index in [-0.39, 0.29) is 20.1 Å². The van der Waals surface area contributed by atoms with Crippen molar-refractivity contribution in [3.05, 3.63) is 134 Å². The summed E-state index contributed by atoms with van der Waals surface area (Å²) in [6, 6.07) is 34.9. The number of pyridine rings is 3. The molecule has 0 N–H and O–H groups in total. The van der Waals surface area contributed by atoms with Gasteiger partial charge in [0.15, 0.2) is 5.58 Å². The molecule has 0 saturated carbocycles. The van der Waals surface area contributed by atoms with Crippen LogP contribution in [0.1, 0.15) is 0 Å². The van der Waals surface area contributed by atoms with Crippen LogP contribution in [0.3, 0.4) is 0 Å². The van der Waals surface area contributed by atoms with E-state index in [2.05, 4.69) is 44.5 Å². The van der Waals surface area contributed by atoms with E-state index in [0.29, 0.717) is 0 Å². The van der Waals surface area contributed by atoms with Gasteiger partial charge >= 0.3 is 0 Å². The number of benzene rings is 3. The van der Waals surface area contributed by atoms with E-state index in [1.807, 2.05) is 84.9 Å². The zero-order chi connectivity index (χ0) is 26.7. The van der Waals surface area contributed by atoms with E-state index in [1.54, 1.807) is 24.8 Å². The van der Waals surface area contributed by atoms with Crippen molar-refractivity contribution in [2.45, 2.75) is 0 Å². The van der Waals surface area contributed by atoms with Crippen molar-refractivity contribution in [3.63, 3.8) is 0 Å². The molecule has 0 amide bonds. The molecular formula is C34H20IrN4O2-2. The van der Waals surface area contributed by atoms with Crippen LogP contribution < -0.4 is 0 Å². The Morgan fingerprint density at radius 3 is 2.37 bits per heavy atom. The minimum Gasteiger partial charge on any atom is -0.501 e. The van der Waals surface area contributed by atoms with Gasteiger partial charge in [-0.3, -0.25) is 4.98 Å². The van der Waals surface area contributed by atoms with Crippen LogP contribution in [-0.4, -0.2) is 20.1 Å². The molecule has 5 aromatic heterocycles. The van der Waals surface area contributed by atoms with E-state index in [4.69, 9.17) is 8.94 Å². The SMILES string of the molecule is [Ir].[c-]1ccc2c(oc3ccc(-c4ccncc4)cc32)c1-c1ccccn1.[c-]1ncccc1-c1noc2ccccc12. The van der Waals surface area contributed by atoms with Crippen molar-refractivity contribution >= 4 is 32.9 Å². The number of hydrogen-bond acceptors (Lipinski definition) is 6. The number of hydrogen-bond donors (Lipinski definition) is 0. The van der Waals surface area contributed by atoms with Crippen LogP contribution in [0.2, 0.25) is 0 Å². The summed E-state index contributed by atoms with van der Waals surface area (Å²) in [5.74, 6) is 0. The molecule has 0 aliphatic heterocycles. The van der Waals surface area contributed by atoms with Crippen LogP contribution >= 0.6 is 0 Å². The van der Waals surface area contributed by atoms with E-state index in [9.17, 15) is 0 Å². The van der Waals surface area contributed by atoms with Crippen molar-refractivity contribution in [1.29, 1.82) is 0 Å². The predicted molar refractivity (Wildman–Crippen MR) is 155 cm³/mol. The van der Waals surface area contributed by atoms with Gasteiger partial charge in [-0.25, -0.2) is 0 Å². The van der Waals surface area contributed by atoms with Crippen LogP contribution in [0.15, 0.2) is 131 Å². The maximum atomic E-state index is 6.15. The molecule has 0 unspecified atom stereocenters. The summed E-state index contributed by atoms with van der Waals surface area (Å²) < 4.78 is 11.4. The predicted octanol–water partition coefficient (Wildman–Crippen LogP) is 8.20. The zero-order valence-electron chi connectivity index (χ0n) is 21.5. The number of rotatable bonds is 3. The van der Waals surface area contributed by atoms with Gasteiger partial charge in [-0.05, 0) is 59.4 Å². The topological polar surface area (TPSA) is 77.8 Å². The molecule has 0 saturated heterocycles. The van der Waals surface area contributed by atoms with Crippen molar-refractivity contribution in [3.8, 4) is 33.6 Å².